The highest BCUT2D eigenvalue weighted by Gasteiger charge is 2.40. The summed E-state index contributed by atoms with van der Waals surface area (Å²) in [6, 6.07) is 16.2. The normalized spacial score (nSPS) is 24.0. The van der Waals surface area contributed by atoms with Crippen LogP contribution >= 0.6 is 11.6 Å². The minimum absolute atomic E-state index is 0.179. The summed E-state index contributed by atoms with van der Waals surface area (Å²) in [5.41, 5.74) is 6.63. The van der Waals surface area contributed by atoms with Crippen molar-refractivity contribution in [2.45, 2.75) is 18.7 Å². The maximum atomic E-state index is 6.20. The van der Waals surface area contributed by atoms with Gasteiger partial charge in [0.15, 0.2) is 6.23 Å². The Morgan fingerprint density at radius 1 is 1.14 bits per heavy atom. The second-order valence-electron chi connectivity index (χ2n) is 5.40. The summed E-state index contributed by atoms with van der Waals surface area (Å²) in [6.45, 7) is 4.06. The number of halogens is 1. The molecular weight excluding hydrogens is 284 g/mol. The van der Waals surface area contributed by atoms with E-state index in [4.69, 9.17) is 16.3 Å². The van der Waals surface area contributed by atoms with Gasteiger partial charge in [-0.15, -0.1) is 0 Å². The summed E-state index contributed by atoms with van der Waals surface area (Å²) in [5, 5.41) is 2.86. The third kappa shape index (κ3) is 2.09. The Bertz CT molecular complexity index is 698. The van der Waals surface area contributed by atoms with Gasteiger partial charge in [-0.1, -0.05) is 48.5 Å². The fourth-order valence-corrected chi connectivity index (χ4v) is 3.14. The molecule has 0 amide bonds. The summed E-state index contributed by atoms with van der Waals surface area (Å²) in [7, 11) is 0. The van der Waals surface area contributed by atoms with Crippen molar-refractivity contribution < 1.29 is 4.74 Å². The Labute approximate surface area is 128 Å². The van der Waals surface area contributed by atoms with E-state index in [1.165, 1.54) is 5.56 Å². The second kappa shape index (κ2) is 4.79. The zero-order chi connectivity index (χ0) is 14.4. The fraction of sp³-hybridized carbons (Fsp3) is 0.176. The van der Waals surface area contributed by atoms with E-state index >= 15 is 0 Å². The standard InChI is InChI=1S/C17H15ClN2O/c1-11-10-15-14-4-2-3-5-16(14)21-17(20(15)19-11)12-6-8-13(18)9-7-12/h2-9,15,17,19H,1,10H2. The minimum Gasteiger partial charge on any atom is -0.469 e. The van der Waals surface area contributed by atoms with E-state index in [0.29, 0.717) is 0 Å². The van der Waals surface area contributed by atoms with E-state index in [-0.39, 0.29) is 12.3 Å². The van der Waals surface area contributed by atoms with Gasteiger partial charge in [0, 0.05) is 28.3 Å². The largest absolute Gasteiger partial charge is 0.469 e. The van der Waals surface area contributed by atoms with Gasteiger partial charge in [0.2, 0.25) is 0 Å². The van der Waals surface area contributed by atoms with Gasteiger partial charge in [0.1, 0.15) is 5.75 Å². The van der Waals surface area contributed by atoms with Gasteiger partial charge in [-0.05, 0) is 18.2 Å². The summed E-state index contributed by atoms with van der Waals surface area (Å²) >= 11 is 5.98. The van der Waals surface area contributed by atoms with Crippen molar-refractivity contribution in [2.75, 3.05) is 0 Å². The summed E-state index contributed by atoms with van der Waals surface area (Å²) in [6.07, 6.45) is 0.714. The van der Waals surface area contributed by atoms with E-state index in [9.17, 15) is 0 Å². The van der Waals surface area contributed by atoms with Gasteiger partial charge in [-0.25, -0.2) is 0 Å². The lowest BCUT2D eigenvalue weighted by atomic mass is 9.99. The van der Waals surface area contributed by atoms with Crippen LogP contribution in [-0.2, 0) is 0 Å². The highest BCUT2D eigenvalue weighted by molar-refractivity contribution is 6.30. The summed E-state index contributed by atoms with van der Waals surface area (Å²) in [4.78, 5) is 0. The van der Waals surface area contributed by atoms with Crippen LogP contribution in [0.4, 0.5) is 0 Å². The third-order valence-electron chi connectivity index (χ3n) is 3.99. The maximum absolute atomic E-state index is 6.20. The Kier molecular flexibility index (Phi) is 2.91. The van der Waals surface area contributed by atoms with Crippen molar-refractivity contribution in [1.82, 2.24) is 10.4 Å². The molecule has 0 spiro atoms. The molecule has 0 aliphatic carbocycles. The van der Waals surface area contributed by atoms with Crippen LogP contribution in [-0.4, -0.2) is 5.01 Å². The number of para-hydroxylation sites is 1. The Hall–Kier alpha value is -1.97. The van der Waals surface area contributed by atoms with Crippen LogP contribution < -0.4 is 10.2 Å². The Morgan fingerprint density at radius 3 is 2.71 bits per heavy atom. The van der Waals surface area contributed by atoms with E-state index in [1.54, 1.807) is 0 Å². The van der Waals surface area contributed by atoms with Gasteiger partial charge in [0.05, 0.1) is 6.04 Å². The topological polar surface area (TPSA) is 24.5 Å². The van der Waals surface area contributed by atoms with E-state index in [2.05, 4.69) is 23.1 Å². The van der Waals surface area contributed by atoms with Crippen molar-refractivity contribution >= 4 is 11.6 Å². The number of hydrogen-bond donors (Lipinski definition) is 1. The first-order chi connectivity index (χ1) is 10.2. The molecule has 4 rings (SSSR count). The minimum atomic E-state index is -0.179. The average molecular weight is 299 g/mol. The molecule has 1 N–H and O–H groups in total. The number of fused-ring (bicyclic) bond motifs is 3. The van der Waals surface area contributed by atoms with Crippen LogP contribution in [0.2, 0.25) is 5.02 Å². The van der Waals surface area contributed by atoms with Gasteiger partial charge in [-0.3, -0.25) is 0 Å². The molecule has 2 aromatic rings. The highest BCUT2D eigenvalue weighted by Crippen LogP contribution is 2.46. The first-order valence-corrected chi connectivity index (χ1v) is 7.34. The molecule has 1 fully saturated rings. The molecule has 0 saturated carbocycles. The number of hydrazine groups is 1. The SMILES string of the molecule is C=C1CC2c3ccccc3OC(c3ccc(Cl)cc3)N2N1. The summed E-state index contributed by atoms with van der Waals surface area (Å²) < 4.78 is 6.20. The van der Waals surface area contributed by atoms with Gasteiger partial charge < -0.3 is 10.2 Å². The first kappa shape index (κ1) is 12.7. The molecule has 2 heterocycles. The molecule has 0 radical (unpaired) electrons. The zero-order valence-corrected chi connectivity index (χ0v) is 12.2. The lowest BCUT2D eigenvalue weighted by Crippen LogP contribution is -2.41. The number of nitrogens with one attached hydrogen (secondary N) is 1. The van der Waals surface area contributed by atoms with Crippen molar-refractivity contribution in [1.29, 1.82) is 0 Å². The predicted molar refractivity (Wildman–Crippen MR) is 82.7 cm³/mol. The van der Waals surface area contributed by atoms with Crippen molar-refractivity contribution in [2.24, 2.45) is 0 Å². The van der Waals surface area contributed by atoms with Crippen LogP contribution in [0.25, 0.3) is 0 Å². The van der Waals surface area contributed by atoms with Crippen LogP contribution in [0, 0.1) is 0 Å². The van der Waals surface area contributed by atoms with Crippen LogP contribution in [0.15, 0.2) is 60.8 Å². The quantitative estimate of drug-likeness (QED) is 0.854. The maximum Gasteiger partial charge on any atom is 0.195 e. The van der Waals surface area contributed by atoms with Gasteiger partial charge in [-0.2, -0.15) is 5.01 Å². The lowest BCUT2D eigenvalue weighted by molar-refractivity contribution is -0.0382. The smallest absolute Gasteiger partial charge is 0.195 e. The molecule has 21 heavy (non-hydrogen) atoms. The molecular formula is C17H15ClN2O. The lowest BCUT2D eigenvalue weighted by Gasteiger charge is -2.38. The van der Waals surface area contributed by atoms with E-state index in [0.717, 1.165) is 28.5 Å². The second-order valence-corrected chi connectivity index (χ2v) is 5.84. The molecule has 2 atom stereocenters. The van der Waals surface area contributed by atoms with Gasteiger partial charge in [0.25, 0.3) is 0 Å². The number of ether oxygens (including phenoxy) is 1. The van der Waals surface area contributed by atoms with E-state index < -0.39 is 0 Å². The van der Waals surface area contributed by atoms with E-state index in [1.807, 2.05) is 42.5 Å². The molecule has 2 aliphatic rings. The summed E-state index contributed by atoms with van der Waals surface area (Å²) in [5.74, 6) is 0.940. The first-order valence-electron chi connectivity index (χ1n) is 6.96. The predicted octanol–water partition coefficient (Wildman–Crippen LogP) is 4.20. The number of rotatable bonds is 1. The van der Waals surface area contributed by atoms with Crippen molar-refractivity contribution in [3.8, 4) is 5.75 Å². The van der Waals surface area contributed by atoms with Crippen LogP contribution in [0.5, 0.6) is 5.75 Å². The molecule has 2 unspecified atom stereocenters. The van der Waals surface area contributed by atoms with Crippen LogP contribution in [0.3, 0.4) is 0 Å². The number of nitrogens with zero attached hydrogens (tertiary/aromatic N) is 1. The fourth-order valence-electron chi connectivity index (χ4n) is 3.02. The monoisotopic (exact) mass is 298 g/mol. The Morgan fingerprint density at radius 2 is 1.90 bits per heavy atom. The van der Waals surface area contributed by atoms with Gasteiger partial charge >= 0.3 is 0 Å². The van der Waals surface area contributed by atoms with Crippen LogP contribution in [0.1, 0.15) is 29.8 Å². The molecule has 3 nitrogen and oxygen atoms in total. The van der Waals surface area contributed by atoms with Crippen molar-refractivity contribution in [3.63, 3.8) is 0 Å². The Balaban J connectivity index is 1.79. The molecule has 2 aliphatic heterocycles. The molecule has 0 bridgehead atoms. The molecule has 2 aromatic carbocycles. The zero-order valence-electron chi connectivity index (χ0n) is 11.4. The molecule has 4 heteroatoms. The number of hydrogen-bond acceptors (Lipinski definition) is 3. The average Bonchev–Trinajstić information content (AvgIpc) is 2.89. The molecule has 106 valence electrons. The van der Waals surface area contributed by atoms with Crippen molar-refractivity contribution in [3.05, 3.63) is 77.0 Å². The highest BCUT2D eigenvalue weighted by atomic mass is 35.5. The molecule has 1 saturated heterocycles. The third-order valence-corrected chi connectivity index (χ3v) is 4.24. The number of benzene rings is 2. The molecule has 0 aromatic heterocycles.